The minimum Gasteiger partial charge on any atom is -0.438 e. The number of aromatic nitrogens is 5. The Kier molecular flexibility index (Phi) is 7.71. The number of aryl methyl sites for hydroxylation is 1. The first-order valence-electron chi connectivity index (χ1n) is 16.0. The molecule has 0 aliphatic heterocycles. The van der Waals surface area contributed by atoms with Gasteiger partial charge in [0.15, 0.2) is 5.78 Å². The molecular formula is C38H28FN7O5. The lowest BCUT2D eigenvalue weighted by Crippen LogP contribution is -2.33. The number of fused-ring (bicyclic) bond motifs is 2. The van der Waals surface area contributed by atoms with Gasteiger partial charge in [-0.15, -0.1) is 0 Å². The lowest BCUT2D eigenvalue weighted by Gasteiger charge is -2.21. The van der Waals surface area contributed by atoms with Gasteiger partial charge >= 0.3 is 0 Å². The van der Waals surface area contributed by atoms with E-state index in [0.29, 0.717) is 75.8 Å². The number of carbonyl (C=O) groups excluding carboxylic acids is 2. The van der Waals surface area contributed by atoms with Crippen LogP contribution in [-0.2, 0) is 13.5 Å². The van der Waals surface area contributed by atoms with Gasteiger partial charge in [-0.1, -0.05) is 12.1 Å². The van der Waals surface area contributed by atoms with Crippen molar-refractivity contribution in [3.8, 4) is 39.8 Å². The predicted molar refractivity (Wildman–Crippen MR) is 188 cm³/mol. The number of anilines is 2. The summed E-state index contributed by atoms with van der Waals surface area (Å²) in [7, 11) is 1.81. The van der Waals surface area contributed by atoms with Crippen LogP contribution in [0.15, 0.2) is 107 Å². The molecule has 0 bridgehead atoms. The van der Waals surface area contributed by atoms with Crippen LogP contribution in [0.1, 0.15) is 39.3 Å². The molecule has 0 saturated carbocycles. The number of nitrogens with two attached hydrogens (primary N) is 1. The van der Waals surface area contributed by atoms with Gasteiger partial charge in [0.05, 0.1) is 11.8 Å². The number of nitrogens with one attached hydrogen (secondary N) is 1. The molecule has 3 aromatic carbocycles. The summed E-state index contributed by atoms with van der Waals surface area (Å²) in [6.45, 7) is 0. The monoisotopic (exact) mass is 681 g/mol. The van der Waals surface area contributed by atoms with Gasteiger partial charge in [0.25, 0.3) is 11.5 Å². The van der Waals surface area contributed by atoms with Crippen molar-refractivity contribution in [2.24, 2.45) is 7.05 Å². The number of ether oxygens (including phenoxy) is 1. The van der Waals surface area contributed by atoms with Crippen LogP contribution >= 0.6 is 0 Å². The number of carbonyl (C=O) groups is 2. The van der Waals surface area contributed by atoms with Gasteiger partial charge in [0.2, 0.25) is 11.6 Å². The first-order chi connectivity index (χ1) is 24.7. The number of ketones is 1. The number of furan rings is 1. The van der Waals surface area contributed by atoms with Crippen LogP contribution < -0.4 is 21.3 Å². The van der Waals surface area contributed by atoms with Crippen molar-refractivity contribution in [2.45, 2.75) is 19.3 Å². The maximum Gasteiger partial charge on any atom is 0.268 e. The lowest BCUT2D eigenvalue weighted by atomic mass is 9.92. The number of benzene rings is 3. The zero-order chi connectivity index (χ0) is 35.2. The van der Waals surface area contributed by atoms with Crippen LogP contribution in [0.3, 0.4) is 0 Å². The van der Waals surface area contributed by atoms with Crippen LogP contribution in [0.4, 0.5) is 15.8 Å². The first-order valence-corrected chi connectivity index (χ1v) is 16.0. The Morgan fingerprint density at radius 3 is 2.53 bits per heavy atom. The van der Waals surface area contributed by atoms with Gasteiger partial charge in [-0.05, 0) is 85.1 Å². The molecule has 13 heteroatoms. The third-order valence-electron chi connectivity index (χ3n) is 8.67. The van der Waals surface area contributed by atoms with E-state index >= 15 is 0 Å². The molecule has 0 fully saturated rings. The number of hydrogen-bond donors (Lipinski definition) is 2. The Balaban J connectivity index is 1.11. The van der Waals surface area contributed by atoms with Gasteiger partial charge in [-0.25, -0.2) is 14.4 Å². The second-order valence-corrected chi connectivity index (χ2v) is 12.1. The van der Waals surface area contributed by atoms with Gasteiger partial charge in [0, 0.05) is 53.5 Å². The van der Waals surface area contributed by atoms with Gasteiger partial charge < -0.3 is 20.2 Å². The fraction of sp³-hybridized carbons (Fsp3) is 0.105. The minimum absolute atomic E-state index is 0.162. The van der Waals surface area contributed by atoms with E-state index in [-0.39, 0.29) is 17.2 Å². The average Bonchev–Trinajstić information content (AvgIpc) is 3.74. The van der Waals surface area contributed by atoms with Crippen molar-refractivity contribution in [1.82, 2.24) is 24.3 Å². The van der Waals surface area contributed by atoms with Gasteiger partial charge in [0.1, 0.15) is 34.6 Å². The van der Waals surface area contributed by atoms with E-state index in [4.69, 9.17) is 14.9 Å². The third-order valence-corrected chi connectivity index (χ3v) is 8.67. The van der Waals surface area contributed by atoms with Crippen LogP contribution in [0.5, 0.6) is 11.6 Å². The molecule has 12 nitrogen and oxygen atoms in total. The number of nitrogens with zero attached hydrogens (tertiary/aromatic N) is 5. The Morgan fingerprint density at radius 2 is 1.78 bits per heavy atom. The Labute approximate surface area is 289 Å². The van der Waals surface area contributed by atoms with E-state index in [0.717, 1.165) is 11.1 Å². The highest BCUT2D eigenvalue weighted by Gasteiger charge is 2.27. The second kappa shape index (κ2) is 12.5. The molecule has 0 radical (unpaired) electrons. The fourth-order valence-corrected chi connectivity index (χ4v) is 6.33. The van der Waals surface area contributed by atoms with E-state index in [2.05, 4.69) is 20.4 Å². The molecule has 1 aliphatic rings. The summed E-state index contributed by atoms with van der Waals surface area (Å²) < 4.78 is 29.2. The first kappa shape index (κ1) is 31.4. The number of Topliss-reactive ketones (excluding diaryl/α,β-unsaturated/α-hetero) is 1. The van der Waals surface area contributed by atoms with E-state index in [1.54, 1.807) is 41.2 Å². The van der Waals surface area contributed by atoms with Gasteiger partial charge in [-0.2, -0.15) is 5.10 Å². The molecule has 4 aromatic heterocycles. The van der Waals surface area contributed by atoms with Crippen molar-refractivity contribution in [1.29, 1.82) is 0 Å². The summed E-state index contributed by atoms with van der Waals surface area (Å²) in [5, 5.41) is 7.57. The topological polar surface area (TPSA) is 160 Å². The van der Waals surface area contributed by atoms with Crippen molar-refractivity contribution >= 4 is 34.2 Å². The summed E-state index contributed by atoms with van der Waals surface area (Å²) in [6, 6.07) is 20.6. The molecule has 0 unspecified atom stereocenters. The summed E-state index contributed by atoms with van der Waals surface area (Å²) in [5.41, 5.74) is 9.92. The Bertz CT molecular complexity index is 2550. The van der Waals surface area contributed by atoms with Crippen molar-refractivity contribution in [3.63, 3.8) is 0 Å². The molecule has 0 spiro atoms. The van der Waals surface area contributed by atoms with Crippen molar-refractivity contribution in [3.05, 3.63) is 131 Å². The van der Waals surface area contributed by atoms with Crippen LogP contribution in [0.2, 0.25) is 0 Å². The molecule has 4 heterocycles. The molecule has 8 rings (SSSR count). The number of rotatable bonds is 7. The fourth-order valence-electron chi connectivity index (χ4n) is 6.33. The highest BCUT2D eigenvalue weighted by Crippen LogP contribution is 2.44. The smallest absolute Gasteiger partial charge is 0.268 e. The number of hydrogen-bond acceptors (Lipinski definition) is 9. The molecule has 1 aliphatic carbocycles. The maximum absolute atomic E-state index is 13.7. The van der Waals surface area contributed by atoms with Crippen LogP contribution in [0.25, 0.3) is 39.2 Å². The molecule has 0 saturated heterocycles. The highest BCUT2D eigenvalue weighted by atomic mass is 19.1. The number of pyridine rings is 1. The zero-order valence-corrected chi connectivity index (χ0v) is 27.1. The minimum atomic E-state index is -0.698. The Morgan fingerprint density at radius 1 is 0.980 bits per heavy atom. The number of nitrogen functional groups attached to an aromatic ring is 1. The van der Waals surface area contributed by atoms with Crippen molar-refractivity contribution in [2.75, 3.05) is 11.1 Å². The molecule has 51 heavy (non-hydrogen) atoms. The van der Waals surface area contributed by atoms with E-state index in [9.17, 15) is 18.8 Å². The quantitative estimate of drug-likeness (QED) is 0.174. The standard InChI is InChI=1S/C38H28FN7O5/c1-45-19-22(18-43-45)34-32(21-4-2-5-24(40)16-21)33-36(41-20-42-37(33)51-34)50-27-14-10-25(11-15-27)44-35(48)29-17-28-30(6-3-7-31(28)47)46(38(29)49)26-12-8-23(39)9-13-26/h2,4-5,8-20H,3,6-7,40H2,1H3,(H,44,48). The van der Waals surface area contributed by atoms with E-state index in [1.165, 1.54) is 41.2 Å². The van der Waals surface area contributed by atoms with E-state index in [1.807, 2.05) is 31.4 Å². The second-order valence-electron chi connectivity index (χ2n) is 12.1. The van der Waals surface area contributed by atoms with Crippen LogP contribution in [0, 0.1) is 5.82 Å². The summed E-state index contributed by atoms with van der Waals surface area (Å²) in [6.07, 6.45) is 6.21. The third kappa shape index (κ3) is 5.80. The molecule has 7 aromatic rings. The van der Waals surface area contributed by atoms with Crippen LogP contribution in [-0.4, -0.2) is 36.0 Å². The summed E-state index contributed by atoms with van der Waals surface area (Å²) in [5.74, 6) is -0.179. The van der Waals surface area contributed by atoms with E-state index < -0.39 is 17.3 Å². The lowest BCUT2D eigenvalue weighted by molar-refractivity contribution is 0.0971. The predicted octanol–water partition coefficient (Wildman–Crippen LogP) is 6.73. The molecular weight excluding hydrogens is 653 g/mol. The van der Waals surface area contributed by atoms with Crippen molar-refractivity contribution < 1.29 is 23.1 Å². The molecule has 1 amide bonds. The average molecular weight is 682 g/mol. The highest BCUT2D eigenvalue weighted by molar-refractivity contribution is 6.07. The molecule has 252 valence electrons. The molecule has 0 atom stereocenters. The molecule has 3 N–H and O–H groups in total. The SMILES string of the molecule is Cn1cc(-c2oc3ncnc(Oc4ccc(NC(=O)c5cc6c(n(-c7ccc(F)cc7)c5=O)CCCC6=O)cc4)c3c2-c2cccc(N)c2)cn1. The summed E-state index contributed by atoms with van der Waals surface area (Å²) in [4.78, 5) is 48.9. The maximum atomic E-state index is 13.7. The number of amides is 1. The number of halogens is 1. The summed E-state index contributed by atoms with van der Waals surface area (Å²) >= 11 is 0. The normalized spacial score (nSPS) is 12.5. The van der Waals surface area contributed by atoms with Gasteiger partial charge in [-0.3, -0.25) is 23.6 Å². The Hall–Kier alpha value is -6.89. The zero-order valence-electron chi connectivity index (χ0n) is 27.1. The largest absolute Gasteiger partial charge is 0.438 e.